The fourth-order valence-corrected chi connectivity index (χ4v) is 2.88. The zero-order valence-electron chi connectivity index (χ0n) is 12.3. The Morgan fingerprint density at radius 3 is 2.91 bits per heavy atom. The standard InChI is InChI=1S/C18H15BrFNO2/c19-14-5-1-3-12(9-14)18(22)23-8-2-4-13-11-21-17-7-6-15(20)10-16(13)17/h1,3,5-7,9-11,21H,2,4,8H2. The van der Waals surface area contributed by atoms with Gasteiger partial charge in [-0.15, -0.1) is 0 Å². The van der Waals surface area contributed by atoms with E-state index in [1.807, 2.05) is 12.3 Å². The van der Waals surface area contributed by atoms with Crippen LogP contribution < -0.4 is 0 Å². The van der Waals surface area contributed by atoms with Crippen molar-refractivity contribution in [2.45, 2.75) is 12.8 Å². The van der Waals surface area contributed by atoms with Crippen molar-refractivity contribution >= 4 is 32.8 Å². The Bertz CT molecular complexity index is 844. The molecule has 23 heavy (non-hydrogen) atoms. The van der Waals surface area contributed by atoms with Crippen LogP contribution in [0.25, 0.3) is 10.9 Å². The number of hydrogen-bond donors (Lipinski definition) is 1. The maximum atomic E-state index is 13.3. The largest absolute Gasteiger partial charge is 0.462 e. The number of ether oxygens (including phenoxy) is 1. The summed E-state index contributed by atoms with van der Waals surface area (Å²) in [7, 11) is 0. The van der Waals surface area contributed by atoms with Gasteiger partial charge in [-0.2, -0.15) is 0 Å². The van der Waals surface area contributed by atoms with E-state index < -0.39 is 0 Å². The normalized spacial score (nSPS) is 10.9. The third-order valence-electron chi connectivity index (χ3n) is 3.61. The maximum absolute atomic E-state index is 13.3. The van der Waals surface area contributed by atoms with Gasteiger partial charge in [-0.3, -0.25) is 0 Å². The number of H-pyrrole nitrogens is 1. The van der Waals surface area contributed by atoms with Crippen LogP contribution in [0.2, 0.25) is 0 Å². The van der Waals surface area contributed by atoms with Gasteiger partial charge in [0.2, 0.25) is 0 Å². The molecule has 0 bridgehead atoms. The lowest BCUT2D eigenvalue weighted by Gasteiger charge is -2.05. The number of aromatic nitrogens is 1. The lowest BCUT2D eigenvalue weighted by Crippen LogP contribution is -2.07. The van der Waals surface area contributed by atoms with Gasteiger partial charge < -0.3 is 9.72 Å². The molecule has 0 aliphatic heterocycles. The Labute approximate surface area is 141 Å². The summed E-state index contributed by atoms with van der Waals surface area (Å²) in [6.07, 6.45) is 3.28. The molecule has 1 N–H and O–H groups in total. The van der Waals surface area contributed by atoms with Gasteiger partial charge >= 0.3 is 5.97 Å². The van der Waals surface area contributed by atoms with Gasteiger partial charge in [-0.25, -0.2) is 9.18 Å². The molecular weight excluding hydrogens is 361 g/mol. The van der Waals surface area contributed by atoms with Crippen LogP contribution in [-0.4, -0.2) is 17.6 Å². The average molecular weight is 376 g/mol. The van der Waals surface area contributed by atoms with Gasteiger partial charge in [0.05, 0.1) is 12.2 Å². The quantitative estimate of drug-likeness (QED) is 0.511. The Morgan fingerprint density at radius 2 is 2.09 bits per heavy atom. The Hall–Kier alpha value is -2.14. The molecule has 3 rings (SSSR count). The van der Waals surface area contributed by atoms with Crippen LogP contribution in [0, 0.1) is 5.82 Å². The third kappa shape index (κ3) is 3.79. The molecule has 3 aromatic rings. The van der Waals surface area contributed by atoms with Crippen molar-refractivity contribution in [1.82, 2.24) is 4.98 Å². The summed E-state index contributed by atoms with van der Waals surface area (Å²) >= 11 is 3.33. The van der Waals surface area contributed by atoms with Crippen molar-refractivity contribution in [2.75, 3.05) is 6.61 Å². The third-order valence-corrected chi connectivity index (χ3v) is 4.11. The number of fused-ring (bicyclic) bond motifs is 1. The van der Waals surface area contributed by atoms with Gasteiger partial charge in [-0.05, 0) is 54.8 Å². The maximum Gasteiger partial charge on any atom is 0.338 e. The number of halogens is 2. The van der Waals surface area contributed by atoms with Crippen LogP contribution in [0.4, 0.5) is 4.39 Å². The van der Waals surface area contributed by atoms with Crippen LogP contribution in [0.3, 0.4) is 0 Å². The van der Waals surface area contributed by atoms with E-state index in [1.165, 1.54) is 12.1 Å². The van der Waals surface area contributed by atoms with E-state index in [0.717, 1.165) is 27.4 Å². The van der Waals surface area contributed by atoms with Crippen molar-refractivity contribution in [1.29, 1.82) is 0 Å². The van der Waals surface area contributed by atoms with Crippen molar-refractivity contribution in [2.24, 2.45) is 0 Å². The minimum atomic E-state index is -0.337. The van der Waals surface area contributed by atoms with E-state index in [1.54, 1.807) is 24.3 Å². The fourth-order valence-electron chi connectivity index (χ4n) is 2.48. The molecular formula is C18H15BrFNO2. The molecule has 1 heterocycles. The van der Waals surface area contributed by atoms with Gasteiger partial charge in [-0.1, -0.05) is 22.0 Å². The monoisotopic (exact) mass is 375 g/mol. The molecule has 0 amide bonds. The van der Waals surface area contributed by atoms with E-state index in [-0.39, 0.29) is 11.8 Å². The SMILES string of the molecule is O=C(OCCCc1c[nH]c2ccc(F)cc12)c1cccc(Br)c1. The van der Waals surface area contributed by atoms with Crippen molar-refractivity contribution in [3.8, 4) is 0 Å². The molecule has 118 valence electrons. The lowest BCUT2D eigenvalue weighted by molar-refractivity contribution is 0.0500. The highest BCUT2D eigenvalue weighted by Gasteiger charge is 2.08. The first-order chi connectivity index (χ1) is 11.1. The van der Waals surface area contributed by atoms with Gasteiger partial charge in [0.15, 0.2) is 0 Å². The summed E-state index contributed by atoms with van der Waals surface area (Å²) in [4.78, 5) is 15.0. The zero-order chi connectivity index (χ0) is 16.2. The summed E-state index contributed by atoms with van der Waals surface area (Å²) < 4.78 is 19.4. The molecule has 0 aliphatic rings. The number of carbonyl (C=O) groups excluding carboxylic acids is 1. The Balaban J connectivity index is 1.55. The van der Waals surface area contributed by atoms with Crippen LogP contribution in [-0.2, 0) is 11.2 Å². The average Bonchev–Trinajstić information content (AvgIpc) is 2.93. The number of nitrogens with one attached hydrogen (secondary N) is 1. The summed E-state index contributed by atoms with van der Waals surface area (Å²) in [5, 5.41) is 0.878. The first-order valence-corrected chi connectivity index (χ1v) is 8.11. The van der Waals surface area contributed by atoms with E-state index in [9.17, 15) is 9.18 Å². The first kappa shape index (κ1) is 15.7. The van der Waals surface area contributed by atoms with Crippen molar-refractivity contribution in [3.05, 3.63) is 70.1 Å². The smallest absolute Gasteiger partial charge is 0.338 e. The highest BCUT2D eigenvalue weighted by Crippen LogP contribution is 2.20. The number of rotatable bonds is 5. The number of benzene rings is 2. The molecule has 2 aromatic carbocycles. The van der Waals surface area contributed by atoms with E-state index in [2.05, 4.69) is 20.9 Å². The molecule has 3 nitrogen and oxygen atoms in total. The van der Waals surface area contributed by atoms with E-state index >= 15 is 0 Å². The van der Waals surface area contributed by atoms with E-state index in [4.69, 9.17) is 4.74 Å². The lowest BCUT2D eigenvalue weighted by atomic mass is 10.1. The molecule has 0 saturated heterocycles. The molecule has 1 aromatic heterocycles. The van der Waals surface area contributed by atoms with Crippen LogP contribution in [0.5, 0.6) is 0 Å². The minimum absolute atomic E-state index is 0.251. The highest BCUT2D eigenvalue weighted by molar-refractivity contribution is 9.10. The van der Waals surface area contributed by atoms with Crippen LogP contribution in [0.15, 0.2) is 53.1 Å². The molecule has 5 heteroatoms. The number of carbonyl (C=O) groups is 1. The Morgan fingerprint density at radius 1 is 1.22 bits per heavy atom. The molecule has 0 radical (unpaired) electrons. The highest BCUT2D eigenvalue weighted by atomic mass is 79.9. The zero-order valence-corrected chi connectivity index (χ0v) is 13.9. The van der Waals surface area contributed by atoms with Crippen LogP contribution >= 0.6 is 15.9 Å². The fraction of sp³-hybridized carbons (Fsp3) is 0.167. The predicted octanol–water partition coefficient (Wildman–Crippen LogP) is 4.86. The summed E-state index contributed by atoms with van der Waals surface area (Å²) in [5.74, 6) is -0.587. The van der Waals surface area contributed by atoms with E-state index in [0.29, 0.717) is 18.6 Å². The second kappa shape index (κ2) is 6.96. The minimum Gasteiger partial charge on any atom is -0.462 e. The number of aryl methyl sites for hydroxylation is 1. The summed E-state index contributed by atoms with van der Waals surface area (Å²) in [5.41, 5.74) is 2.46. The topological polar surface area (TPSA) is 42.1 Å². The molecule has 0 aliphatic carbocycles. The van der Waals surface area contributed by atoms with Crippen LogP contribution in [0.1, 0.15) is 22.3 Å². The predicted molar refractivity (Wildman–Crippen MR) is 91.0 cm³/mol. The van der Waals surface area contributed by atoms with Gasteiger partial charge in [0.1, 0.15) is 5.82 Å². The van der Waals surface area contributed by atoms with Crippen molar-refractivity contribution < 1.29 is 13.9 Å². The number of aromatic amines is 1. The number of hydrogen-bond acceptors (Lipinski definition) is 2. The van der Waals surface area contributed by atoms with Gasteiger partial charge in [0.25, 0.3) is 0 Å². The summed E-state index contributed by atoms with van der Waals surface area (Å²) in [6, 6.07) is 11.8. The molecule has 0 saturated carbocycles. The molecule has 0 fully saturated rings. The van der Waals surface area contributed by atoms with Crippen molar-refractivity contribution in [3.63, 3.8) is 0 Å². The molecule has 0 spiro atoms. The Kier molecular flexibility index (Phi) is 4.76. The second-order valence-corrected chi connectivity index (χ2v) is 6.17. The number of esters is 1. The second-order valence-electron chi connectivity index (χ2n) is 5.25. The summed E-state index contributed by atoms with van der Waals surface area (Å²) in [6.45, 7) is 0.327. The van der Waals surface area contributed by atoms with Gasteiger partial charge in [0, 0.05) is 21.6 Å². The molecule has 0 unspecified atom stereocenters. The first-order valence-electron chi connectivity index (χ1n) is 7.32. The molecule has 0 atom stereocenters.